The fraction of sp³-hybridized carbons (Fsp3) is 0.800. The number of hydrogen-bond donors (Lipinski definition) is 1. The summed E-state index contributed by atoms with van der Waals surface area (Å²) in [5, 5.41) is 8.67. The van der Waals surface area contributed by atoms with E-state index < -0.39 is 11.9 Å². The van der Waals surface area contributed by atoms with E-state index in [4.69, 9.17) is 9.84 Å². The van der Waals surface area contributed by atoms with E-state index in [9.17, 15) is 9.59 Å². The molecule has 2 atom stereocenters. The molecule has 2 unspecified atom stereocenters. The normalized spacial score (nSPS) is 27.5. The minimum atomic E-state index is -0.942. The van der Waals surface area contributed by atoms with Crippen LogP contribution in [-0.4, -0.2) is 23.7 Å². The molecule has 0 bridgehead atoms. The zero-order valence-electron chi connectivity index (χ0n) is 8.74. The van der Waals surface area contributed by atoms with Crippen LogP contribution >= 0.6 is 0 Å². The van der Waals surface area contributed by atoms with E-state index in [1.54, 1.807) is 0 Å². The van der Waals surface area contributed by atoms with Crippen molar-refractivity contribution >= 4 is 11.9 Å². The second-order valence-electron chi connectivity index (χ2n) is 4.81. The number of hydrogen-bond acceptors (Lipinski definition) is 3. The van der Waals surface area contributed by atoms with Crippen LogP contribution in [0, 0.1) is 17.3 Å². The van der Waals surface area contributed by atoms with Crippen molar-refractivity contribution < 1.29 is 19.4 Å². The number of carbonyl (C=O) groups excluding carboxylic acids is 1. The molecular weight excluding hydrogens is 184 g/mol. The number of rotatable bonds is 2. The molecule has 1 fully saturated rings. The Kier molecular flexibility index (Phi) is 2.83. The van der Waals surface area contributed by atoms with Crippen LogP contribution in [0.2, 0.25) is 0 Å². The number of cyclic esters (lactones) is 1. The standard InChI is InChI=1S/C10H16O4/c1-10(2,3)7-5-14-9(13)6(7)4-8(11)12/h6-7H,4-5H2,1-3H3,(H,11,12). The first kappa shape index (κ1) is 11.0. The lowest BCUT2D eigenvalue weighted by Crippen LogP contribution is -2.29. The molecule has 0 aromatic heterocycles. The number of carboxylic acids is 1. The molecule has 0 aromatic rings. The number of esters is 1. The Hall–Kier alpha value is -1.06. The van der Waals surface area contributed by atoms with Gasteiger partial charge in [0.05, 0.1) is 18.9 Å². The molecule has 1 N–H and O–H groups in total. The third kappa shape index (κ3) is 2.25. The number of carbonyl (C=O) groups is 2. The van der Waals surface area contributed by atoms with E-state index in [0.29, 0.717) is 6.61 Å². The van der Waals surface area contributed by atoms with E-state index >= 15 is 0 Å². The number of aliphatic carboxylic acids is 1. The van der Waals surface area contributed by atoms with Crippen molar-refractivity contribution in [2.24, 2.45) is 17.3 Å². The maximum absolute atomic E-state index is 11.3. The van der Waals surface area contributed by atoms with Crippen molar-refractivity contribution in [1.82, 2.24) is 0 Å². The average molecular weight is 200 g/mol. The highest BCUT2D eigenvalue weighted by molar-refractivity contribution is 5.80. The summed E-state index contributed by atoms with van der Waals surface area (Å²) in [5.41, 5.74) is -0.0910. The SMILES string of the molecule is CC(C)(C)C1COC(=O)C1CC(=O)O. The third-order valence-electron chi connectivity index (χ3n) is 2.70. The molecule has 1 heterocycles. The summed E-state index contributed by atoms with van der Waals surface area (Å²) in [6.07, 6.45) is -0.124. The van der Waals surface area contributed by atoms with E-state index in [2.05, 4.69) is 0 Å². The van der Waals surface area contributed by atoms with Crippen LogP contribution in [-0.2, 0) is 14.3 Å². The molecule has 1 saturated heterocycles. The summed E-state index contributed by atoms with van der Waals surface area (Å²) in [6, 6.07) is 0. The van der Waals surface area contributed by atoms with Crippen LogP contribution in [0.15, 0.2) is 0 Å². The van der Waals surface area contributed by atoms with Crippen LogP contribution < -0.4 is 0 Å². The molecule has 4 nitrogen and oxygen atoms in total. The zero-order valence-corrected chi connectivity index (χ0v) is 8.74. The van der Waals surface area contributed by atoms with Gasteiger partial charge in [-0.2, -0.15) is 0 Å². The van der Waals surface area contributed by atoms with E-state index in [1.807, 2.05) is 20.8 Å². The summed E-state index contributed by atoms with van der Waals surface area (Å²) in [6.45, 7) is 6.33. The maximum Gasteiger partial charge on any atom is 0.309 e. The minimum Gasteiger partial charge on any atom is -0.481 e. The fourth-order valence-corrected chi connectivity index (χ4v) is 1.83. The Morgan fingerprint density at radius 1 is 1.57 bits per heavy atom. The summed E-state index contributed by atoms with van der Waals surface area (Å²) in [7, 11) is 0. The van der Waals surface area contributed by atoms with E-state index in [0.717, 1.165) is 0 Å². The molecule has 1 rings (SSSR count). The molecule has 1 aliphatic heterocycles. The zero-order chi connectivity index (χ0) is 10.9. The first-order chi connectivity index (χ1) is 6.32. The van der Waals surface area contributed by atoms with Gasteiger partial charge in [-0.05, 0) is 5.41 Å². The molecular formula is C10H16O4. The molecule has 0 aromatic carbocycles. The quantitative estimate of drug-likeness (QED) is 0.682. The largest absolute Gasteiger partial charge is 0.481 e. The summed E-state index contributed by atoms with van der Waals surface area (Å²) < 4.78 is 4.90. The molecule has 0 amide bonds. The fourth-order valence-electron chi connectivity index (χ4n) is 1.83. The number of ether oxygens (including phenoxy) is 1. The average Bonchev–Trinajstić information content (AvgIpc) is 2.30. The smallest absolute Gasteiger partial charge is 0.309 e. The van der Waals surface area contributed by atoms with Crippen molar-refractivity contribution in [1.29, 1.82) is 0 Å². The van der Waals surface area contributed by atoms with Crippen molar-refractivity contribution in [2.75, 3.05) is 6.61 Å². The molecule has 4 heteroatoms. The summed E-state index contributed by atoms with van der Waals surface area (Å²) in [5.74, 6) is -1.78. The van der Waals surface area contributed by atoms with Gasteiger partial charge >= 0.3 is 11.9 Å². The van der Waals surface area contributed by atoms with Gasteiger partial charge in [0.15, 0.2) is 0 Å². The van der Waals surface area contributed by atoms with Gasteiger partial charge in [0.2, 0.25) is 0 Å². The van der Waals surface area contributed by atoms with Crippen molar-refractivity contribution in [3.8, 4) is 0 Å². The van der Waals surface area contributed by atoms with Crippen LogP contribution in [0.1, 0.15) is 27.2 Å². The molecule has 0 radical (unpaired) electrons. The lowest BCUT2D eigenvalue weighted by molar-refractivity contribution is -0.147. The molecule has 1 aliphatic rings. The van der Waals surface area contributed by atoms with Gasteiger partial charge in [-0.3, -0.25) is 9.59 Å². The van der Waals surface area contributed by atoms with Crippen molar-refractivity contribution in [2.45, 2.75) is 27.2 Å². The molecule has 0 spiro atoms. The monoisotopic (exact) mass is 200 g/mol. The van der Waals surface area contributed by atoms with Crippen molar-refractivity contribution in [3.63, 3.8) is 0 Å². The summed E-state index contributed by atoms with van der Waals surface area (Å²) in [4.78, 5) is 21.8. The van der Waals surface area contributed by atoms with E-state index in [1.165, 1.54) is 0 Å². The number of carboxylic acid groups (broad SMARTS) is 1. The summed E-state index contributed by atoms with van der Waals surface area (Å²) >= 11 is 0. The minimum absolute atomic E-state index is 0.00565. The van der Waals surface area contributed by atoms with Gasteiger partial charge in [-0.1, -0.05) is 20.8 Å². The lowest BCUT2D eigenvalue weighted by atomic mass is 9.74. The molecule has 0 saturated carbocycles. The highest BCUT2D eigenvalue weighted by atomic mass is 16.5. The maximum atomic E-state index is 11.3. The van der Waals surface area contributed by atoms with Crippen LogP contribution in [0.4, 0.5) is 0 Å². The Morgan fingerprint density at radius 3 is 2.57 bits per heavy atom. The van der Waals surface area contributed by atoms with Gasteiger partial charge < -0.3 is 9.84 Å². The highest BCUT2D eigenvalue weighted by Gasteiger charge is 2.44. The Morgan fingerprint density at radius 2 is 2.14 bits per heavy atom. The van der Waals surface area contributed by atoms with Gasteiger partial charge in [0, 0.05) is 5.92 Å². The lowest BCUT2D eigenvalue weighted by Gasteiger charge is -2.28. The van der Waals surface area contributed by atoms with Crippen LogP contribution in [0.25, 0.3) is 0 Å². The highest BCUT2D eigenvalue weighted by Crippen LogP contribution is 2.38. The Labute approximate surface area is 83.2 Å². The second-order valence-corrected chi connectivity index (χ2v) is 4.81. The third-order valence-corrected chi connectivity index (χ3v) is 2.70. The molecule has 80 valence electrons. The topological polar surface area (TPSA) is 63.6 Å². The van der Waals surface area contributed by atoms with Gasteiger partial charge in [-0.25, -0.2) is 0 Å². The van der Waals surface area contributed by atoms with Gasteiger partial charge in [0.1, 0.15) is 0 Å². The Bertz CT molecular complexity index is 251. The van der Waals surface area contributed by atoms with Crippen LogP contribution in [0.5, 0.6) is 0 Å². The second kappa shape index (κ2) is 3.59. The van der Waals surface area contributed by atoms with Crippen molar-refractivity contribution in [3.05, 3.63) is 0 Å². The van der Waals surface area contributed by atoms with Gasteiger partial charge in [0.25, 0.3) is 0 Å². The van der Waals surface area contributed by atoms with E-state index in [-0.39, 0.29) is 23.7 Å². The van der Waals surface area contributed by atoms with Crippen LogP contribution in [0.3, 0.4) is 0 Å². The first-order valence-electron chi connectivity index (χ1n) is 4.71. The Balaban J connectivity index is 2.77. The molecule has 0 aliphatic carbocycles. The first-order valence-corrected chi connectivity index (χ1v) is 4.71. The molecule has 14 heavy (non-hydrogen) atoms. The predicted molar refractivity (Wildman–Crippen MR) is 49.6 cm³/mol. The van der Waals surface area contributed by atoms with Gasteiger partial charge in [-0.15, -0.1) is 0 Å². The predicted octanol–water partition coefficient (Wildman–Crippen LogP) is 1.30.